The molecule has 0 heterocycles. The Labute approximate surface area is 186 Å². The molecule has 0 atom stereocenters. The summed E-state index contributed by atoms with van der Waals surface area (Å²) in [6, 6.07) is 14.6. The van der Waals surface area contributed by atoms with Crippen molar-refractivity contribution in [3.8, 4) is 0 Å². The molecule has 6 nitrogen and oxygen atoms in total. The monoisotopic (exact) mass is 448 g/mol. The number of carbonyl (C=O) groups is 2. The van der Waals surface area contributed by atoms with Gasteiger partial charge >= 0.3 is 11.9 Å². The van der Waals surface area contributed by atoms with Gasteiger partial charge in [-0.15, -0.1) is 0 Å². The molecule has 2 rings (SSSR count). The second-order valence-electron chi connectivity index (χ2n) is 6.80. The van der Waals surface area contributed by atoms with E-state index >= 15 is 0 Å². The third kappa shape index (κ3) is 7.84. The first-order valence-corrected chi connectivity index (χ1v) is 12.0. The van der Waals surface area contributed by atoms with Crippen LogP contribution in [0.25, 0.3) is 0 Å². The number of carbonyl (C=O) groups excluding carboxylic acids is 2. The van der Waals surface area contributed by atoms with Crippen LogP contribution in [0.15, 0.2) is 48.5 Å². The van der Waals surface area contributed by atoms with Crippen molar-refractivity contribution in [3.05, 3.63) is 59.7 Å². The van der Waals surface area contributed by atoms with Crippen molar-refractivity contribution in [2.24, 2.45) is 0 Å². The number of anilines is 2. The second kappa shape index (κ2) is 12.4. The van der Waals surface area contributed by atoms with Gasteiger partial charge < -0.3 is 19.3 Å². The molecule has 0 radical (unpaired) electrons. The zero-order chi connectivity index (χ0) is 21.9. The van der Waals surface area contributed by atoms with Crippen molar-refractivity contribution < 1.29 is 19.1 Å². The lowest BCUT2D eigenvalue weighted by Gasteiger charge is -2.12. The predicted molar refractivity (Wildman–Crippen MR) is 127 cm³/mol. The number of esters is 2. The highest BCUT2D eigenvalue weighted by molar-refractivity contribution is 8.76. The molecule has 0 aliphatic heterocycles. The van der Waals surface area contributed by atoms with E-state index in [9.17, 15) is 9.59 Å². The molecule has 2 aromatic carbocycles. The summed E-state index contributed by atoms with van der Waals surface area (Å²) in [5, 5.41) is 0. The Kier molecular flexibility index (Phi) is 9.89. The van der Waals surface area contributed by atoms with Gasteiger partial charge in [0.05, 0.1) is 11.1 Å². The second-order valence-corrected chi connectivity index (χ2v) is 9.50. The van der Waals surface area contributed by atoms with Crippen molar-refractivity contribution in [3.63, 3.8) is 0 Å². The zero-order valence-electron chi connectivity index (χ0n) is 17.8. The minimum Gasteiger partial charge on any atom is -0.461 e. The van der Waals surface area contributed by atoms with Gasteiger partial charge in [0.1, 0.15) is 13.2 Å². The van der Waals surface area contributed by atoms with Gasteiger partial charge in [-0.05, 0) is 48.5 Å². The molecule has 30 heavy (non-hydrogen) atoms. The molecule has 0 saturated heterocycles. The maximum atomic E-state index is 12.0. The molecule has 0 bridgehead atoms. The van der Waals surface area contributed by atoms with E-state index in [0.717, 1.165) is 11.4 Å². The van der Waals surface area contributed by atoms with Crippen LogP contribution < -0.4 is 9.80 Å². The molecule has 0 aromatic heterocycles. The lowest BCUT2D eigenvalue weighted by atomic mass is 10.2. The summed E-state index contributed by atoms with van der Waals surface area (Å²) in [5.41, 5.74) is 3.15. The molecule has 0 aliphatic carbocycles. The lowest BCUT2D eigenvalue weighted by molar-refractivity contribution is 0.0520. The molecular formula is C22H28N2O4S2. The Bertz CT molecular complexity index is 739. The number of hydrogen-bond acceptors (Lipinski definition) is 8. The molecule has 0 saturated carbocycles. The Morgan fingerprint density at radius 3 is 1.30 bits per heavy atom. The van der Waals surface area contributed by atoms with Gasteiger partial charge in [0.15, 0.2) is 0 Å². The van der Waals surface area contributed by atoms with Crippen LogP contribution in [0.2, 0.25) is 0 Å². The molecule has 0 aliphatic rings. The van der Waals surface area contributed by atoms with Crippen LogP contribution in [0, 0.1) is 0 Å². The van der Waals surface area contributed by atoms with Gasteiger partial charge in [0, 0.05) is 51.1 Å². The zero-order valence-corrected chi connectivity index (χ0v) is 19.4. The van der Waals surface area contributed by atoms with Crippen LogP contribution in [0.1, 0.15) is 20.7 Å². The van der Waals surface area contributed by atoms with Crippen LogP contribution in [0.3, 0.4) is 0 Å². The highest BCUT2D eigenvalue weighted by Gasteiger charge is 2.09. The van der Waals surface area contributed by atoms with Crippen molar-refractivity contribution in [1.29, 1.82) is 0 Å². The Morgan fingerprint density at radius 2 is 1.00 bits per heavy atom. The first kappa shape index (κ1) is 24.0. The SMILES string of the molecule is CN(C)c1ccc(C(=O)OCCSSCCOC(=O)c2ccc(N(C)C)cc2)cc1. The van der Waals surface area contributed by atoms with E-state index in [0.29, 0.717) is 35.8 Å². The molecule has 2 aromatic rings. The summed E-state index contributed by atoms with van der Waals surface area (Å²) in [6.45, 7) is 0.674. The van der Waals surface area contributed by atoms with Crippen LogP contribution in [0.5, 0.6) is 0 Å². The summed E-state index contributed by atoms with van der Waals surface area (Å²) < 4.78 is 10.6. The number of hydrogen-bond donors (Lipinski definition) is 0. The van der Waals surface area contributed by atoms with Gasteiger partial charge in [-0.1, -0.05) is 21.6 Å². The normalized spacial score (nSPS) is 10.4. The summed E-state index contributed by atoms with van der Waals surface area (Å²) in [5.74, 6) is 0.707. The van der Waals surface area contributed by atoms with Crippen LogP contribution in [0.4, 0.5) is 11.4 Å². The highest BCUT2D eigenvalue weighted by atomic mass is 33.1. The molecule has 8 heteroatoms. The van der Waals surface area contributed by atoms with E-state index in [1.54, 1.807) is 45.9 Å². The maximum absolute atomic E-state index is 12.0. The van der Waals surface area contributed by atoms with Crippen molar-refractivity contribution in [2.75, 3.05) is 62.7 Å². The number of rotatable bonds is 11. The van der Waals surface area contributed by atoms with Crippen LogP contribution in [-0.4, -0.2) is 64.8 Å². The average Bonchev–Trinajstić information content (AvgIpc) is 2.75. The van der Waals surface area contributed by atoms with Crippen LogP contribution >= 0.6 is 21.6 Å². The topological polar surface area (TPSA) is 59.1 Å². The molecule has 0 fully saturated rings. The van der Waals surface area contributed by atoms with E-state index in [4.69, 9.17) is 9.47 Å². The minimum absolute atomic E-state index is 0.319. The maximum Gasteiger partial charge on any atom is 0.338 e. The summed E-state index contributed by atoms with van der Waals surface area (Å²) in [4.78, 5) is 28.0. The summed E-state index contributed by atoms with van der Waals surface area (Å²) in [6.07, 6.45) is 0. The van der Waals surface area contributed by atoms with Gasteiger partial charge in [-0.3, -0.25) is 0 Å². The van der Waals surface area contributed by atoms with E-state index in [1.165, 1.54) is 0 Å². The number of benzene rings is 2. The first-order chi connectivity index (χ1) is 14.4. The third-order valence-electron chi connectivity index (χ3n) is 4.12. The van der Waals surface area contributed by atoms with E-state index in [1.807, 2.05) is 62.3 Å². The van der Waals surface area contributed by atoms with Gasteiger partial charge in [-0.25, -0.2) is 9.59 Å². The fraction of sp³-hybridized carbons (Fsp3) is 0.364. The number of ether oxygens (including phenoxy) is 2. The third-order valence-corrected chi connectivity index (χ3v) is 6.46. The summed E-state index contributed by atoms with van der Waals surface area (Å²) in [7, 11) is 11.0. The van der Waals surface area contributed by atoms with Crippen molar-refractivity contribution >= 4 is 44.9 Å². The lowest BCUT2D eigenvalue weighted by Crippen LogP contribution is -2.11. The van der Waals surface area contributed by atoms with Crippen LogP contribution in [-0.2, 0) is 9.47 Å². The van der Waals surface area contributed by atoms with E-state index in [2.05, 4.69) is 0 Å². The van der Waals surface area contributed by atoms with Crippen molar-refractivity contribution in [1.82, 2.24) is 0 Å². The average molecular weight is 449 g/mol. The highest BCUT2D eigenvalue weighted by Crippen LogP contribution is 2.21. The number of nitrogens with zero attached hydrogens (tertiary/aromatic N) is 2. The molecule has 0 unspecified atom stereocenters. The fourth-order valence-electron chi connectivity index (χ4n) is 2.41. The quantitative estimate of drug-likeness (QED) is 0.288. The summed E-state index contributed by atoms with van der Waals surface area (Å²) >= 11 is 0. The molecule has 0 spiro atoms. The smallest absolute Gasteiger partial charge is 0.338 e. The Morgan fingerprint density at radius 1 is 0.667 bits per heavy atom. The predicted octanol–water partition coefficient (Wildman–Crippen LogP) is 4.21. The van der Waals surface area contributed by atoms with Crippen molar-refractivity contribution in [2.45, 2.75) is 0 Å². The molecule has 0 amide bonds. The van der Waals surface area contributed by atoms with Gasteiger partial charge in [0.25, 0.3) is 0 Å². The van der Waals surface area contributed by atoms with E-state index < -0.39 is 0 Å². The first-order valence-electron chi connectivity index (χ1n) is 9.52. The van der Waals surface area contributed by atoms with Gasteiger partial charge in [-0.2, -0.15) is 0 Å². The minimum atomic E-state index is -0.319. The van der Waals surface area contributed by atoms with Gasteiger partial charge in [0.2, 0.25) is 0 Å². The molecule has 162 valence electrons. The Balaban J connectivity index is 1.55. The standard InChI is InChI=1S/C22H28N2O4S2/c1-23(2)19-9-5-17(6-10-19)21(25)27-13-15-29-30-16-14-28-22(26)18-7-11-20(12-8-18)24(3)4/h5-12H,13-16H2,1-4H3. The molecular weight excluding hydrogens is 420 g/mol. The molecule has 0 N–H and O–H groups in total. The fourth-order valence-corrected chi connectivity index (χ4v) is 4.07. The van der Waals surface area contributed by atoms with E-state index in [-0.39, 0.29) is 11.9 Å². The Hall–Kier alpha value is -2.32. The largest absolute Gasteiger partial charge is 0.461 e.